The van der Waals surface area contributed by atoms with Gasteiger partial charge in [-0.05, 0) is 56.1 Å². The molecule has 0 amide bonds. The summed E-state index contributed by atoms with van der Waals surface area (Å²) in [5, 5.41) is 0. The second-order valence-electron chi connectivity index (χ2n) is 5.48. The van der Waals surface area contributed by atoms with Gasteiger partial charge in [-0.15, -0.1) is 9.24 Å². The van der Waals surface area contributed by atoms with Gasteiger partial charge in [0.25, 0.3) is 0 Å². The second-order valence-corrected chi connectivity index (χ2v) is 6.06. The van der Waals surface area contributed by atoms with Crippen molar-refractivity contribution < 1.29 is 9.47 Å². The summed E-state index contributed by atoms with van der Waals surface area (Å²) in [6.45, 7) is 4.12. The number of aryl methyl sites for hydroxylation is 2. The molecule has 0 saturated carbocycles. The van der Waals surface area contributed by atoms with Crippen molar-refractivity contribution in [1.29, 1.82) is 0 Å². The zero-order valence-corrected chi connectivity index (χ0v) is 14.6. The molecule has 2 aromatic carbocycles. The van der Waals surface area contributed by atoms with Gasteiger partial charge in [-0.3, -0.25) is 0 Å². The monoisotopic (exact) mass is 316 g/mol. The molecule has 0 heterocycles. The zero-order valence-electron chi connectivity index (χ0n) is 13.4. The van der Waals surface area contributed by atoms with Crippen molar-refractivity contribution in [1.82, 2.24) is 0 Å². The third kappa shape index (κ3) is 5.03. The molecule has 1 unspecified atom stereocenters. The Morgan fingerprint density at radius 1 is 0.818 bits per heavy atom. The van der Waals surface area contributed by atoms with E-state index in [1.54, 1.807) is 0 Å². The molecule has 0 radical (unpaired) electrons. The molecule has 1 atom stereocenters. The van der Waals surface area contributed by atoms with E-state index in [2.05, 4.69) is 35.2 Å². The predicted molar refractivity (Wildman–Crippen MR) is 95.8 cm³/mol. The Morgan fingerprint density at radius 3 is 1.77 bits per heavy atom. The summed E-state index contributed by atoms with van der Waals surface area (Å²) >= 11 is 0. The summed E-state index contributed by atoms with van der Waals surface area (Å²) in [6.07, 6.45) is 4.00. The van der Waals surface area contributed by atoms with Crippen molar-refractivity contribution >= 4 is 9.24 Å². The zero-order chi connectivity index (χ0) is 15.8. The second kappa shape index (κ2) is 8.80. The fourth-order valence-electron chi connectivity index (χ4n) is 2.26. The number of rotatable bonds is 8. The van der Waals surface area contributed by atoms with Crippen LogP contribution in [0.3, 0.4) is 0 Å². The third-order valence-corrected chi connectivity index (χ3v) is 4.01. The lowest BCUT2D eigenvalue weighted by Gasteiger charge is -2.22. The van der Waals surface area contributed by atoms with E-state index in [9.17, 15) is 0 Å². The number of benzene rings is 2. The fraction of sp³-hybridized carbons (Fsp3) is 0.368. The third-order valence-electron chi connectivity index (χ3n) is 3.60. The number of ether oxygens (including phenoxy) is 2. The number of hydrogen-bond acceptors (Lipinski definition) is 2. The van der Waals surface area contributed by atoms with Crippen LogP contribution in [0.5, 0.6) is 11.5 Å². The molecule has 0 aliphatic heterocycles. The number of hydrogen-bond donors (Lipinski definition) is 0. The molecule has 22 heavy (non-hydrogen) atoms. The first-order chi connectivity index (χ1) is 10.7. The van der Waals surface area contributed by atoms with Gasteiger partial charge in [-0.1, -0.05) is 36.4 Å². The van der Waals surface area contributed by atoms with Gasteiger partial charge in [0.15, 0.2) is 0 Å². The smallest absolute Gasteiger partial charge is 0.241 e. The van der Waals surface area contributed by atoms with Gasteiger partial charge >= 0.3 is 0 Å². The van der Waals surface area contributed by atoms with Crippen LogP contribution in [0.1, 0.15) is 30.4 Å². The van der Waals surface area contributed by atoms with Crippen LogP contribution >= 0.6 is 9.24 Å². The molecule has 2 rings (SSSR count). The van der Waals surface area contributed by atoms with E-state index in [0.29, 0.717) is 0 Å². The SMILES string of the molecule is Cc1ccccc1OC(CCCCP)Oc1ccccc1C. The summed E-state index contributed by atoms with van der Waals surface area (Å²) in [4.78, 5) is 0. The largest absolute Gasteiger partial charge is 0.455 e. The number of unbranched alkanes of at least 4 members (excludes halogenated alkanes) is 1. The quantitative estimate of drug-likeness (QED) is 0.382. The minimum atomic E-state index is -0.251. The minimum Gasteiger partial charge on any atom is -0.455 e. The van der Waals surface area contributed by atoms with Crippen LogP contribution in [0, 0.1) is 13.8 Å². The van der Waals surface area contributed by atoms with E-state index >= 15 is 0 Å². The number of para-hydroxylation sites is 2. The van der Waals surface area contributed by atoms with Crippen molar-refractivity contribution in [2.45, 2.75) is 39.4 Å². The van der Waals surface area contributed by atoms with Gasteiger partial charge in [0, 0.05) is 6.42 Å². The van der Waals surface area contributed by atoms with E-state index in [-0.39, 0.29) is 6.29 Å². The van der Waals surface area contributed by atoms with Crippen LogP contribution in [-0.4, -0.2) is 12.5 Å². The standard InChI is InChI=1S/C19H25O2P/c1-15-9-3-5-11-17(15)20-19(13-7-8-14-22)21-18-12-6-4-10-16(18)2/h3-6,9-12,19H,7-8,13-14,22H2,1-2H3. The highest BCUT2D eigenvalue weighted by atomic mass is 31.0. The van der Waals surface area contributed by atoms with Gasteiger partial charge < -0.3 is 9.47 Å². The average molecular weight is 316 g/mol. The maximum atomic E-state index is 6.12. The molecule has 118 valence electrons. The molecule has 0 spiro atoms. The lowest BCUT2D eigenvalue weighted by atomic mass is 10.2. The van der Waals surface area contributed by atoms with Crippen LogP contribution in [0.4, 0.5) is 0 Å². The first kappa shape index (κ1) is 16.8. The highest BCUT2D eigenvalue weighted by Gasteiger charge is 2.14. The first-order valence-corrected chi connectivity index (χ1v) is 8.67. The van der Waals surface area contributed by atoms with Crippen molar-refractivity contribution in [3.63, 3.8) is 0 Å². The van der Waals surface area contributed by atoms with Gasteiger partial charge in [0.1, 0.15) is 11.5 Å². The predicted octanol–water partition coefficient (Wildman–Crippen LogP) is 5.13. The van der Waals surface area contributed by atoms with E-state index in [0.717, 1.165) is 48.1 Å². The van der Waals surface area contributed by atoms with Gasteiger partial charge in [-0.25, -0.2) is 0 Å². The minimum absolute atomic E-state index is 0.251. The molecule has 2 nitrogen and oxygen atoms in total. The first-order valence-electron chi connectivity index (χ1n) is 7.85. The van der Waals surface area contributed by atoms with Crippen LogP contribution < -0.4 is 9.47 Å². The van der Waals surface area contributed by atoms with Crippen molar-refractivity contribution in [2.75, 3.05) is 6.16 Å². The maximum absolute atomic E-state index is 6.12. The Labute approximate surface area is 136 Å². The van der Waals surface area contributed by atoms with Crippen LogP contribution in [0.25, 0.3) is 0 Å². The molecule has 0 aromatic heterocycles. The Balaban J connectivity index is 2.09. The average Bonchev–Trinajstić information content (AvgIpc) is 2.52. The Morgan fingerprint density at radius 2 is 1.32 bits per heavy atom. The molecule has 0 aliphatic carbocycles. The van der Waals surface area contributed by atoms with E-state index in [4.69, 9.17) is 9.47 Å². The topological polar surface area (TPSA) is 18.5 Å². The van der Waals surface area contributed by atoms with Gasteiger partial charge in [-0.2, -0.15) is 0 Å². The molecular weight excluding hydrogens is 291 g/mol. The Hall–Kier alpha value is -1.53. The van der Waals surface area contributed by atoms with Crippen molar-refractivity contribution in [3.05, 3.63) is 59.7 Å². The lowest BCUT2D eigenvalue weighted by molar-refractivity contribution is -0.00304. The summed E-state index contributed by atoms with van der Waals surface area (Å²) in [5.74, 6) is 1.79. The highest BCUT2D eigenvalue weighted by Crippen LogP contribution is 2.24. The lowest BCUT2D eigenvalue weighted by Crippen LogP contribution is -2.24. The summed E-state index contributed by atoms with van der Waals surface area (Å²) in [6, 6.07) is 16.2. The molecule has 0 fully saturated rings. The van der Waals surface area contributed by atoms with Crippen LogP contribution in [0.2, 0.25) is 0 Å². The van der Waals surface area contributed by atoms with Crippen molar-refractivity contribution in [2.24, 2.45) is 0 Å². The van der Waals surface area contributed by atoms with E-state index < -0.39 is 0 Å². The van der Waals surface area contributed by atoms with Crippen molar-refractivity contribution in [3.8, 4) is 11.5 Å². The normalized spacial score (nSPS) is 10.7. The molecule has 0 saturated heterocycles. The van der Waals surface area contributed by atoms with E-state index in [1.807, 2.05) is 36.4 Å². The highest BCUT2D eigenvalue weighted by molar-refractivity contribution is 7.16. The summed E-state index contributed by atoms with van der Waals surface area (Å²) in [7, 11) is 2.77. The maximum Gasteiger partial charge on any atom is 0.241 e. The molecule has 0 aliphatic rings. The molecular formula is C19H25O2P. The Kier molecular flexibility index (Phi) is 6.74. The molecule has 3 heteroatoms. The van der Waals surface area contributed by atoms with Gasteiger partial charge in [0.05, 0.1) is 0 Å². The molecule has 0 bridgehead atoms. The fourth-order valence-corrected chi connectivity index (χ4v) is 2.55. The summed E-state index contributed by atoms with van der Waals surface area (Å²) in [5.41, 5.74) is 2.26. The Bertz CT molecular complexity index is 536. The van der Waals surface area contributed by atoms with Gasteiger partial charge in [0.2, 0.25) is 6.29 Å². The molecule has 0 N–H and O–H groups in total. The van der Waals surface area contributed by atoms with E-state index in [1.165, 1.54) is 0 Å². The molecule has 2 aromatic rings. The summed E-state index contributed by atoms with van der Waals surface area (Å²) < 4.78 is 12.2. The van der Waals surface area contributed by atoms with Crippen LogP contribution in [0.15, 0.2) is 48.5 Å². The van der Waals surface area contributed by atoms with Crippen LogP contribution in [-0.2, 0) is 0 Å².